The van der Waals surface area contributed by atoms with Crippen LogP contribution in [0.15, 0.2) is 18.2 Å². The molecule has 1 unspecified atom stereocenters. The highest BCUT2D eigenvalue weighted by Crippen LogP contribution is 2.32. The second-order valence-corrected chi connectivity index (χ2v) is 7.22. The number of carbonyl (C=O) groups is 1. The van der Waals surface area contributed by atoms with E-state index in [1.54, 1.807) is 17.8 Å². The lowest BCUT2D eigenvalue weighted by atomic mass is 10.1. The average molecular weight is 348 g/mol. The molecule has 3 nitrogen and oxygen atoms in total. The monoisotopic (exact) mass is 347 g/mol. The van der Waals surface area contributed by atoms with Crippen molar-refractivity contribution in [3.05, 3.63) is 33.8 Å². The van der Waals surface area contributed by atoms with Gasteiger partial charge in [0.2, 0.25) is 5.91 Å². The lowest BCUT2D eigenvalue weighted by molar-refractivity contribution is -0.119. The standard InChI is InChI=1S/C15H19Cl2NO2S/c1-10(11-2-3-13(16)14(17)8-11)21-9-15(19)18-12-4-6-20-7-5-12/h2-3,8,10,12H,4-7,9H2,1H3,(H,18,19). The Morgan fingerprint density at radius 1 is 1.38 bits per heavy atom. The van der Waals surface area contributed by atoms with E-state index >= 15 is 0 Å². The number of thioether (sulfide) groups is 1. The minimum absolute atomic E-state index is 0.0822. The van der Waals surface area contributed by atoms with E-state index in [1.807, 2.05) is 12.1 Å². The molecular formula is C15H19Cl2NO2S. The molecule has 1 fully saturated rings. The molecule has 1 N–H and O–H groups in total. The number of hydrogen-bond acceptors (Lipinski definition) is 3. The molecule has 6 heteroatoms. The molecule has 1 amide bonds. The van der Waals surface area contributed by atoms with E-state index in [0.29, 0.717) is 15.8 Å². The fourth-order valence-corrected chi connectivity index (χ4v) is 3.30. The Morgan fingerprint density at radius 3 is 2.76 bits per heavy atom. The second kappa shape index (κ2) is 8.28. The smallest absolute Gasteiger partial charge is 0.230 e. The fourth-order valence-electron chi connectivity index (χ4n) is 2.17. The number of nitrogens with one attached hydrogen (secondary N) is 1. The minimum atomic E-state index is 0.0822. The molecule has 0 aliphatic carbocycles. The van der Waals surface area contributed by atoms with Crippen LogP contribution in [0.4, 0.5) is 0 Å². The number of benzene rings is 1. The lowest BCUT2D eigenvalue weighted by Gasteiger charge is -2.23. The predicted octanol–water partition coefficient (Wildman–Crippen LogP) is 4.08. The van der Waals surface area contributed by atoms with Gasteiger partial charge in [-0.15, -0.1) is 11.8 Å². The van der Waals surface area contributed by atoms with Crippen LogP contribution in [0, 0.1) is 0 Å². The Morgan fingerprint density at radius 2 is 2.10 bits per heavy atom. The molecule has 1 aliphatic heterocycles. The van der Waals surface area contributed by atoms with E-state index in [-0.39, 0.29) is 17.2 Å². The van der Waals surface area contributed by atoms with Gasteiger partial charge in [-0.05, 0) is 37.5 Å². The SMILES string of the molecule is CC(SCC(=O)NC1CCOCC1)c1ccc(Cl)c(Cl)c1. The van der Waals surface area contributed by atoms with Crippen LogP contribution in [0.5, 0.6) is 0 Å². The molecule has 0 radical (unpaired) electrons. The van der Waals surface area contributed by atoms with Gasteiger partial charge in [-0.3, -0.25) is 4.79 Å². The van der Waals surface area contributed by atoms with Crippen molar-refractivity contribution in [3.8, 4) is 0 Å². The molecule has 1 atom stereocenters. The van der Waals surface area contributed by atoms with Crippen molar-refractivity contribution in [2.75, 3.05) is 19.0 Å². The van der Waals surface area contributed by atoms with Crippen LogP contribution in [0.3, 0.4) is 0 Å². The molecule has 2 rings (SSSR count). The molecule has 0 saturated carbocycles. The third-order valence-corrected chi connectivity index (χ3v) is 5.40. The summed E-state index contributed by atoms with van der Waals surface area (Å²) in [6.45, 7) is 3.53. The van der Waals surface area contributed by atoms with Crippen molar-refractivity contribution in [1.29, 1.82) is 0 Å². The van der Waals surface area contributed by atoms with Crippen molar-refractivity contribution in [3.63, 3.8) is 0 Å². The van der Waals surface area contributed by atoms with E-state index in [4.69, 9.17) is 27.9 Å². The summed E-state index contributed by atoms with van der Waals surface area (Å²) in [6.07, 6.45) is 1.80. The summed E-state index contributed by atoms with van der Waals surface area (Å²) < 4.78 is 5.28. The van der Waals surface area contributed by atoms with Crippen molar-refractivity contribution in [2.45, 2.75) is 31.1 Å². The molecule has 1 saturated heterocycles. The van der Waals surface area contributed by atoms with Gasteiger partial charge in [0.25, 0.3) is 0 Å². The Kier molecular flexibility index (Phi) is 6.68. The van der Waals surface area contributed by atoms with Crippen LogP contribution in [-0.2, 0) is 9.53 Å². The van der Waals surface area contributed by atoms with Crippen molar-refractivity contribution in [1.82, 2.24) is 5.32 Å². The van der Waals surface area contributed by atoms with Gasteiger partial charge in [0.05, 0.1) is 15.8 Å². The summed E-state index contributed by atoms with van der Waals surface area (Å²) >= 11 is 13.5. The first kappa shape index (κ1) is 16.9. The normalized spacial score (nSPS) is 17.5. The van der Waals surface area contributed by atoms with Gasteiger partial charge in [-0.2, -0.15) is 0 Å². The maximum atomic E-state index is 11.9. The van der Waals surface area contributed by atoms with E-state index < -0.39 is 0 Å². The van der Waals surface area contributed by atoms with E-state index in [2.05, 4.69) is 12.2 Å². The Balaban J connectivity index is 1.78. The van der Waals surface area contributed by atoms with Gasteiger partial charge in [0.15, 0.2) is 0 Å². The summed E-state index contributed by atoms with van der Waals surface area (Å²) in [7, 11) is 0. The zero-order chi connectivity index (χ0) is 15.2. The summed E-state index contributed by atoms with van der Waals surface area (Å²) in [5.74, 6) is 0.525. The number of amides is 1. The Bertz CT molecular complexity index is 493. The third-order valence-electron chi connectivity index (χ3n) is 3.46. The van der Waals surface area contributed by atoms with Crippen LogP contribution in [-0.4, -0.2) is 30.9 Å². The highest BCUT2D eigenvalue weighted by molar-refractivity contribution is 8.00. The molecule has 21 heavy (non-hydrogen) atoms. The van der Waals surface area contributed by atoms with Gasteiger partial charge < -0.3 is 10.1 Å². The molecule has 0 bridgehead atoms. The van der Waals surface area contributed by atoms with E-state index in [1.165, 1.54) is 0 Å². The number of carbonyl (C=O) groups excluding carboxylic acids is 1. The first-order valence-corrected chi connectivity index (χ1v) is 8.80. The van der Waals surface area contributed by atoms with Gasteiger partial charge in [0, 0.05) is 24.5 Å². The van der Waals surface area contributed by atoms with Crippen molar-refractivity contribution in [2.24, 2.45) is 0 Å². The van der Waals surface area contributed by atoms with Crippen LogP contribution in [0.25, 0.3) is 0 Å². The maximum Gasteiger partial charge on any atom is 0.230 e. The zero-order valence-corrected chi connectivity index (χ0v) is 14.2. The van der Waals surface area contributed by atoms with Crippen LogP contribution in [0.1, 0.15) is 30.6 Å². The molecule has 116 valence electrons. The van der Waals surface area contributed by atoms with Crippen LogP contribution >= 0.6 is 35.0 Å². The molecular weight excluding hydrogens is 329 g/mol. The molecule has 1 aliphatic rings. The van der Waals surface area contributed by atoms with Gasteiger partial charge in [0.1, 0.15) is 0 Å². The molecule has 0 aromatic heterocycles. The van der Waals surface area contributed by atoms with Gasteiger partial charge in [-0.1, -0.05) is 29.3 Å². The topological polar surface area (TPSA) is 38.3 Å². The van der Waals surface area contributed by atoms with E-state index in [9.17, 15) is 4.79 Å². The summed E-state index contributed by atoms with van der Waals surface area (Å²) in [5, 5.41) is 4.35. The third kappa shape index (κ3) is 5.37. The van der Waals surface area contributed by atoms with Crippen molar-refractivity contribution >= 4 is 40.9 Å². The lowest BCUT2D eigenvalue weighted by Crippen LogP contribution is -2.39. The molecule has 1 aromatic carbocycles. The van der Waals surface area contributed by atoms with Gasteiger partial charge >= 0.3 is 0 Å². The summed E-state index contributed by atoms with van der Waals surface area (Å²) in [4.78, 5) is 11.9. The summed E-state index contributed by atoms with van der Waals surface area (Å²) in [5.41, 5.74) is 1.08. The largest absolute Gasteiger partial charge is 0.381 e. The number of halogens is 2. The molecule has 1 aromatic rings. The number of rotatable bonds is 5. The quantitative estimate of drug-likeness (QED) is 0.871. The number of ether oxygens (including phenoxy) is 1. The number of hydrogen-bond donors (Lipinski definition) is 1. The highest BCUT2D eigenvalue weighted by atomic mass is 35.5. The van der Waals surface area contributed by atoms with Crippen LogP contribution < -0.4 is 5.32 Å². The first-order valence-electron chi connectivity index (χ1n) is 7.00. The first-order chi connectivity index (χ1) is 10.1. The highest BCUT2D eigenvalue weighted by Gasteiger charge is 2.17. The Hall–Kier alpha value is -0.420. The van der Waals surface area contributed by atoms with E-state index in [0.717, 1.165) is 31.6 Å². The maximum absolute atomic E-state index is 11.9. The fraction of sp³-hybridized carbons (Fsp3) is 0.533. The minimum Gasteiger partial charge on any atom is -0.381 e. The Labute approximate surface area is 139 Å². The van der Waals surface area contributed by atoms with Crippen molar-refractivity contribution < 1.29 is 9.53 Å². The zero-order valence-electron chi connectivity index (χ0n) is 11.9. The average Bonchev–Trinajstić information content (AvgIpc) is 2.48. The predicted molar refractivity (Wildman–Crippen MR) is 89.3 cm³/mol. The van der Waals surface area contributed by atoms with Crippen LogP contribution in [0.2, 0.25) is 10.0 Å². The van der Waals surface area contributed by atoms with Gasteiger partial charge in [-0.25, -0.2) is 0 Å². The second-order valence-electron chi connectivity index (χ2n) is 5.08. The molecule has 0 spiro atoms. The summed E-state index contributed by atoms with van der Waals surface area (Å²) in [6, 6.07) is 5.85. The molecule has 1 heterocycles.